The summed E-state index contributed by atoms with van der Waals surface area (Å²) in [6, 6.07) is 0. The van der Waals surface area contributed by atoms with Crippen LogP contribution in [0.25, 0.3) is 0 Å². The molecule has 0 aliphatic rings. The monoisotopic (exact) mass is 207 g/mol. The molecular weight excluding hydrogens is 194 g/mol. The summed E-state index contributed by atoms with van der Waals surface area (Å²) in [7, 11) is -4.45. The number of carbonyl (C=O) groups is 1. The van der Waals surface area contributed by atoms with Gasteiger partial charge >= 0.3 is 10.3 Å². The van der Waals surface area contributed by atoms with Crippen molar-refractivity contribution in [2.45, 2.75) is 26.2 Å². The molecule has 13 heavy (non-hydrogen) atoms. The number of hydrogen-bond acceptors (Lipinski definition) is 3. The maximum absolute atomic E-state index is 10.9. The average Bonchev–Trinajstić information content (AvgIpc) is 1.96. The summed E-state index contributed by atoms with van der Waals surface area (Å²) in [6.07, 6.45) is 2.08. The third kappa shape index (κ3) is 6.30. The molecule has 0 radical (unpaired) electrons. The molecule has 6 heteroatoms. The summed E-state index contributed by atoms with van der Waals surface area (Å²) in [4.78, 5) is 10.9. The molecule has 1 amide bonds. The second-order valence-electron chi connectivity index (χ2n) is 2.61. The lowest BCUT2D eigenvalue weighted by atomic mass is 10.1. The first-order valence-electron chi connectivity index (χ1n) is 3.84. The van der Waals surface area contributed by atoms with Gasteiger partial charge in [-0.1, -0.05) is 19.9 Å². The van der Waals surface area contributed by atoms with Gasteiger partial charge in [0.25, 0.3) is 5.91 Å². The number of nitrogens with one attached hydrogen (secondary N) is 1. The van der Waals surface area contributed by atoms with Crippen molar-refractivity contribution in [2.75, 3.05) is 0 Å². The molecule has 0 aliphatic carbocycles. The first-order valence-corrected chi connectivity index (χ1v) is 5.28. The molecule has 0 aromatic carbocycles. The normalized spacial score (nSPS) is 10.9. The zero-order valence-corrected chi connectivity index (χ0v) is 8.23. The second kappa shape index (κ2) is 4.98. The van der Waals surface area contributed by atoms with Crippen LogP contribution < -0.4 is 4.72 Å². The SMILES string of the molecule is C=C(CCCC)C(=O)NS(=O)(=O)O. The fourth-order valence-corrected chi connectivity index (χ4v) is 1.07. The molecule has 0 bridgehead atoms. The predicted octanol–water partition coefficient (Wildman–Crippen LogP) is 0.652. The summed E-state index contributed by atoms with van der Waals surface area (Å²) in [5.41, 5.74) is 0.152. The van der Waals surface area contributed by atoms with Crippen LogP contribution >= 0.6 is 0 Å². The Kier molecular flexibility index (Phi) is 4.64. The maximum atomic E-state index is 10.9. The highest BCUT2D eigenvalue weighted by atomic mass is 32.2. The van der Waals surface area contributed by atoms with Crippen LogP contribution in [-0.4, -0.2) is 18.9 Å². The number of hydrogen-bond donors (Lipinski definition) is 2. The molecule has 76 valence electrons. The van der Waals surface area contributed by atoms with Crippen LogP contribution in [0, 0.1) is 0 Å². The molecule has 0 aromatic rings. The van der Waals surface area contributed by atoms with Gasteiger partial charge in [-0.05, 0) is 12.8 Å². The highest BCUT2D eigenvalue weighted by Gasteiger charge is 2.12. The van der Waals surface area contributed by atoms with Crippen LogP contribution in [0.5, 0.6) is 0 Å². The molecule has 0 heterocycles. The van der Waals surface area contributed by atoms with Crippen LogP contribution in [-0.2, 0) is 15.1 Å². The van der Waals surface area contributed by atoms with E-state index in [0.717, 1.165) is 12.8 Å². The summed E-state index contributed by atoms with van der Waals surface area (Å²) in [5, 5.41) is 0. The Balaban J connectivity index is 4.06. The summed E-state index contributed by atoms with van der Waals surface area (Å²) in [5.74, 6) is -0.851. The number of amides is 1. The van der Waals surface area contributed by atoms with Crippen molar-refractivity contribution in [3.63, 3.8) is 0 Å². The molecule has 0 saturated carbocycles. The van der Waals surface area contributed by atoms with Crippen molar-refractivity contribution >= 4 is 16.2 Å². The Morgan fingerprint density at radius 3 is 2.46 bits per heavy atom. The van der Waals surface area contributed by atoms with Gasteiger partial charge < -0.3 is 0 Å². The van der Waals surface area contributed by atoms with Gasteiger partial charge in [0.1, 0.15) is 0 Å². The molecule has 0 unspecified atom stereocenters. The van der Waals surface area contributed by atoms with Gasteiger partial charge in [0, 0.05) is 5.57 Å². The van der Waals surface area contributed by atoms with Gasteiger partial charge in [-0.2, -0.15) is 8.42 Å². The number of rotatable bonds is 5. The zero-order valence-electron chi connectivity index (χ0n) is 7.41. The molecule has 0 spiro atoms. The van der Waals surface area contributed by atoms with Crippen LogP contribution in [0.4, 0.5) is 0 Å². The lowest BCUT2D eigenvalue weighted by Crippen LogP contribution is -2.30. The smallest absolute Gasteiger partial charge is 0.269 e. The van der Waals surface area contributed by atoms with E-state index in [-0.39, 0.29) is 5.57 Å². The fourth-order valence-electron chi connectivity index (χ4n) is 0.693. The predicted molar refractivity (Wildman–Crippen MR) is 48.4 cm³/mol. The third-order valence-electron chi connectivity index (χ3n) is 1.37. The molecular formula is C7H13NO4S. The minimum atomic E-state index is -4.45. The average molecular weight is 207 g/mol. The van der Waals surface area contributed by atoms with E-state index in [0.29, 0.717) is 6.42 Å². The highest BCUT2D eigenvalue weighted by Crippen LogP contribution is 2.04. The molecule has 5 nitrogen and oxygen atoms in total. The Hall–Kier alpha value is -0.880. The van der Waals surface area contributed by atoms with E-state index < -0.39 is 16.2 Å². The topological polar surface area (TPSA) is 83.5 Å². The van der Waals surface area contributed by atoms with Gasteiger partial charge in [0.05, 0.1) is 0 Å². The molecule has 0 aliphatic heterocycles. The highest BCUT2D eigenvalue weighted by molar-refractivity contribution is 7.84. The van der Waals surface area contributed by atoms with E-state index in [1.165, 1.54) is 4.72 Å². The first-order chi connectivity index (χ1) is 5.87. The van der Waals surface area contributed by atoms with Crippen molar-refractivity contribution in [3.8, 4) is 0 Å². The zero-order chi connectivity index (χ0) is 10.5. The molecule has 0 fully saturated rings. The van der Waals surface area contributed by atoms with Gasteiger partial charge in [-0.15, -0.1) is 0 Å². The van der Waals surface area contributed by atoms with E-state index >= 15 is 0 Å². The van der Waals surface area contributed by atoms with Crippen molar-refractivity contribution in [2.24, 2.45) is 0 Å². The third-order valence-corrected chi connectivity index (χ3v) is 1.82. The lowest BCUT2D eigenvalue weighted by Gasteiger charge is -2.03. The number of carbonyl (C=O) groups excluding carboxylic acids is 1. The Morgan fingerprint density at radius 2 is 2.08 bits per heavy atom. The van der Waals surface area contributed by atoms with E-state index in [1.54, 1.807) is 0 Å². The standard InChI is InChI=1S/C7H13NO4S/c1-3-4-5-6(2)7(9)8-13(10,11)12/h2-5H2,1H3,(H,8,9)(H,10,11,12). The van der Waals surface area contributed by atoms with Gasteiger partial charge in [-0.3, -0.25) is 9.35 Å². The quantitative estimate of drug-likeness (QED) is 0.512. The van der Waals surface area contributed by atoms with Gasteiger partial charge in [-0.25, -0.2) is 4.72 Å². The summed E-state index contributed by atoms with van der Waals surface area (Å²) in [6.45, 7) is 5.33. The van der Waals surface area contributed by atoms with Crippen LogP contribution in [0.2, 0.25) is 0 Å². The second-order valence-corrected chi connectivity index (χ2v) is 3.77. The Labute approximate surface area is 77.7 Å². The molecule has 2 N–H and O–H groups in total. The summed E-state index contributed by atoms with van der Waals surface area (Å²) >= 11 is 0. The molecule has 0 atom stereocenters. The summed E-state index contributed by atoms with van der Waals surface area (Å²) < 4.78 is 30.1. The van der Waals surface area contributed by atoms with Crippen molar-refractivity contribution in [1.82, 2.24) is 4.72 Å². The maximum Gasteiger partial charge on any atom is 0.359 e. The van der Waals surface area contributed by atoms with E-state index in [2.05, 4.69) is 6.58 Å². The van der Waals surface area contributed by atoms with E-state index in [4.69, 9.17) is 4.55 Å². The van der Waals surface area contributed by atoms with E-state index in [1.807, 2.05) is 6.92 Å². The fraction of sp³-hybridized carbons (Fsp3) is 0.571. The van der Waals surface area contributed by atoms with Crippen LogP contribution in [0.15, 0.2) is 12.2 Å². The van der Waals surface area contributed by atoms with Gasteiger partial charge in [0.15, 0.2) is 0 Å². The minimum Gasteiger partial charge on any atom is -0.269 e. The lowest BCUT2D eigenvalue weighted by molar-refractivity contribution is -0.116. The van der Waals surface area contributed by atoms with E-state index in [9.17, 15) is 13.2 Å². The molecule has 0 rings (SSSR count). The first kappa shape index (κ1) is 12.1. The molecule has 0 saturated heterocycles. The number of unbranched alkanes of at least 4 members (excludes halogenated alkanes) is 1. The molecule has 0 aromatic heterocycles. The van der Waals surface area contributed by atoms with Gasteiger partial charge in [0.2, 0.25) is 0 Å². The largest absolute Gasteiger partial charge is 0.359 e. The van der Waals surface area contributed by atoms with Crippen LogP contribution in [0.3, 0.4) is 0 Å². The van der Waals surface area contributed by atoms with Crippen LogP contribution in [0.1, 0.15) is 26.2 Å². The minimum absolute atomic E-state index is 0.152. The Morgan fingerprint density at radius 1 is 1.54 bits per heavy atom. The van der Waals surface area contributed by atoms with Crippen molar-refractivity contribution in [3.05, 3.63) is 12.2 Å². The van der Waals surface area contributed by atoms with Crippen molar-refractivity contribution in [1.29, 1.82) is 0 Å². The Bertz CT molecular complexity index is 294. The van der Waals surface area contributed by atoms with Crippen molar-refractivity contribution < 1.29 is 17.8 Å².